The van der Waals surface area contributed by atoms with Crippen LogP contribution in [0.5, 0.6) is 5.75 Å². The number of nitrogens with zero attached hydrogens (tertiary/aromatic N) is 2. The van der Waals surface area contributed by atoms with E-state index in [9.17, 15) is 14.0 Å². The molecule has 0 aromatic heterocycles. The summed E-state index contributed by atoms with van der Waals surface area (Å²) in [4.78, 5) is 29.9. The maximum absolute atomic E-state index is 14.0. The number of aryl methyl sites for hydroxylation is 1. The lowest BCUT2D eigenvalue weighted by atomic mass is 10.0. The standard InChI is InChI=1S/C26H23FN2O3S/c1-17-3-12-23-22(15-17)26(25(31)28(23)16-18-4-8-20(27)9-5-18)29(13-14-33-26)24(30)19-6-10-21(32-2)11-7-19/h3-12,15H,13-14,16H2,1-2H3. The summed E-state index contributed by atoms with van der Waals surface area (Å²) >= 11 is 1.50. The van der Waals surface area contributed by atoms with E-state index in [0.29, 0.717) is 30.2 Å². The molecule has 2 amide bonds. The molecule has 0 aliphatic carbocycles. The second kappa shape index (κ2) is 8.23. The van der Waals surface area contributed by atoms with Gasteiger partial charge in [0.05, 0.1) is 19.3 Å². The zero-order valence-electron chi connectivity index (χ0n) is 18.4. The number of thioether (sulfide) groups is 1. The maximum Gasteiger partial charge on any atom is 0.268 e. The van der Waals surface area contributed by atoms with Crippen LogP contribution in [-0.2, 0) is 16.2 Å². The van der Waals surface area contributed by atoms with Crippen molar-refractivity contribution < 1.29 is 18.7 Å². The molecule has 0 bridgehead atoms. The van der Waals surface area contributed by atoms with E-state index in [0.717, 1.165) is 22.4 Å². The van der Waals surface area contributed by atoms with Gasteiger partial charge in [0.2, 0.25) is 0 Å². The third-order valence-electron chi connectivity index (χ3n) is 6.18. The molecule has 3 aromatic carbocycles. The summed E-state index contributed by atoms with van der Waals surface area (Å²) in [5, 5.41) is 0. The Labute approximate surface area is 196 Å². The first-order chi connectivity index (χ1) is 15.9. The number of ether oxygens (including phenoxy) is 1. The van der Waals surface area contributed by atoms with E-state index in [1.165, 1.54) is 23.9 Å². The molecule has 1 unspecified atom stereocenters. The molecule has 168 valence electrons. The average molecular weight is 463 g/mol. The minimum Gasteiger partial charge on any atom is -0.497 e. The second-order valence-electron chi connectivity index (χ2n) is 8.22. The van der Waals surface area contributed by atoms with Crippen LogP contribution in [0.3, 0.4) is 0 Å². The Balaban J connectivity index is 1.56. The number of amides is 2. The molecule has 2 aliphatic heterocycles. The number of carbonyl (C=O) groups is 2. The van der Waals surface area contributed by atoms with Crippen LogP contribution in [0.15, 0.2) is 66.7 Å². The largest absolute Gasteiger partial charge is 0.497 e. The van der Waals surface area contributed by atoms with Gasteiger partial charge in [-0.25, -0.2) is 4.39 Å². The van der Waals surface area contributed by atoms with E-state index in [4.69, 9.17) is 4.74 Å². The van der Waals surface area contributed by atoms with Crippen LogP contribution in [0.2, 0.25) is 0 Å². The SMILES string of the molecule is COc1ccc(C(=O)N2CCSC23C(=O)N(Cc2ccc(F)cc2)c2ccc(C)cc23)cc1. The lowest BCUT2D eigenvalue weighted by Gasteiger charge is -2.33. The molecule has 3 aromatic rings. The quantitative estimate of drug-likeness (QED) is 0.563. The summed E-state index contributed by atoms with van der Waals surface area (Å²) < 4.78 is 18.6. The maximum atomic E-state index is 14.0. The van der Waals surface area contributed by atoms with Gasteiger partial charge in [-0.2, -0.15) is 0 Å². The fraction of sp³-hybridized carbons (Fsp3) is 0.231. The Bertz CT molecular complexity index is 1230. The van der Waals surface area contributed by atoms with Crippen molar-refractivity contribution in [1.29, 1.82) is 0 Å². The molecule has 5 nitrogen and oxygen atoms in total. The topological polar surface area (TPSA) is 49.9 Å². The van der Waals surface area contributed by atoms with Gasteiger partial charge in [-0.3, -0.25) is 9.59 Å². The molecule has 1 saturated heterocycles. The van der Waals surface area contributed by atoms with Gasteiger partial charge in [0.1, 0.15) is 11.6 Å². The van der Waals surface area contributed by atoms with Gasteiger partial charge in [-0.15, -0.1) is 11.8 Å². The van der Waals surface area contributed by atoms with Crippen LogP contribution >= 0.6 is 11.8 Å². The number of halogens is 1. The molecule has 1 atom stereocenters. The molecule has 2 heterocycles. The van der Waals surface area contributed by atoms with Gasteiger partial charge < -0.3 is 14.5 Å². The molecule has 5 rings (SSSR count). The normalized spacial score (nSPS) is 19.3. The predicted molar refractivity (Wildman–Crippen MR) is 127 cm³/mol. The van der Waals surface area contributed by atoms with Crippen LogP contribution in [0.1, 0.15) is 27.0 Å². The van der Waals surface area contributed by atoms with Crippen LogP contribution in [0.25, 0.3) is 0 Å². The Hall–Kier alpha value is -3.32. The molecule has 2 aliphatic rings. The van der Waals surface area contributed by atoms with E-state index in [2.05, 4.69) is 0 Å². The molecule has 0 radical (unpaired) electrons. The van der Waals surface area contributed by atoms with Gasteiger partial charge in [0.15, 0.2) is 4.87 Å². The van der Waals surface area contributed by atoms with E-state index in [-0.39, 0.29) is 17.6 Å². The second-order valence-corrected chi connectivity index (χ2v) is 9.50. The molecular weight excluding hydrogens is 439 g/mol. The highest BCUT2D eigenvalue weighted by atomic mass is 32.2. The molecule has 33 heavy (non-hydrogen) atoms. The van der Waals surface area contributed by atoms with Gasteiger partial charge in [-0.1, -0.05) is 29.8 Å². The molecular formula is C26H23FN2O3S. The van der Waals surface area contributed by atoms with Crippen LogP contribution < -0.4 is 9.64 Å². The number of benzene rings is 3. The van der Waals surface area contributed by atoms with E-state index >= 15 is 0 Å². The number of rotatable bonds is 4. The fourth-order valence-electron chi connectivity index (χ4n) is 4.55. The Morgan fingerprint density at radius 1 is 1.09 bits per heavy atom. The fourth-order valence-corrected chi connectivity index (χ4v) is 6.00. The Morgan fingerprint density at radius 3 is 2.52 bits per heavy atom. The Kier molecular flexibility index (Phi) is 5.37. The van der Waals surface area contributed by atoms with E-state index in [1.54, 1.807) is 53.3 Å². The van der Waals surface area contributed by atoms with Gasteiger partial charge in [0.25, 0.3) is 11.8 Å². The first-order valence-corrected chi connectivity index (χ1v) is 11.7. The lowest BCUT2D eigenvalue weighted by Crippen LogP contribution is -2.50. The van der Waals surface area contributed by atoms with Crippen molar-refractivity contribution in [3.05, 3.63) is 94.8 Å². The van der Waals surface area contributed by atoms with Crippen LogP contribution in [0.4, 0.5) is 10.1 Å². The summed E-state index contributed by atoms with van der Waals surface area (Å²) in [5.74, 6) is 0.678. The Morgan fingerprint density at radius 2 is 1.82 bits per heavy atom. The van der Waals surface area contributed by atoms with Crippen molar-refractivity contribution >= 4 is 29.3 Å². The zero-order chi connectivity index (χ0) is 23.2. The first kappa shape index (κ1) is 21.5. The van der Waals surface area contributed by atoms with Crippen molar-refractivity contribution in [3.63, 3.8) is 0 Å². The zero-order valence-corrected chi connectivity index (χ0v) is 19.2. The van der Waals surface area contributed by atoms with Crippen molar-refractivity contribution in [2.75, 3.05) is 24.3 Å². The van der Waals surface area contributed by atoms with Crippen molar-refractivity contribution in [2.45, 2.75) is 18.3 Å². The molecule has 0 saturated carbocycles. The summed E-state index contributed by atoms with van der Waals surface area (Å²) in [7, 11) is 1.58. The van der Waals surface area contributed by atoms with Crippen molar-refractivity contribution in [2.24, 2.45) is 0 Å². The third kappa shape index (κ3) is 3.47. The number of hydrogen-bond acceptors (Lipinski definition) is 4. The van der Waals surface area contributed by atoms with Crippen molar-refractivity contribution in [3.8, 4) is 5.75 Å². The highest BCUT2D eigenvalue weighted by Crippen LogP contribution is 2.55. The van der Waals surface area contributed by atoms with Gasteiger partial charge in [0, 0.05) is 23.4 Å². The first-order valence-electron chi connectivity index (χ1n) is 10.7. The van der Waals surface area contributed by atoms with Gasteiger partial charge >= 0.3 is 0 Å². The lowest BCUT2D eigenvalue weighted by molar-refractivity contribution is -0.123. The van der Waals surface area contributed by atoms with Crippen LogP contribution in [0, 0.1) is 12.7 Å². The van der Waals surface area contributed by atoms with E-state index < -0.39 is 4.87 Å². The minimum atomic E-state index is -1.11. The predicted octanol–water partition coefficient (Wildman–Crippen LogP) is 4.73. The number of methoxy groups -OCH3 is 1. The average Bonchev–Trinajstić information content (AvgIpc) is 3.37. The summed E-state index contributed by atoms with van der Waals surface area (Å²) in [6, 6.07) is 19.0. The summed E-state index contributed by atoms with van der Waals surface area (Å²) in [5.41, 5.74) is 3.98. The third-order valence-corrected chi connectivity index (χ3v) is 7.60. The van der Waals surface area contributed by atoms with Crippen molar-refractivity contribution in [1.82, 2.24) is 4.90 Å². The highest BCUT2D eigenvalue weighted by molar-refractivity contribution is 8.01. The minimum absolute atomic E-state index is 0.142. The molecule has 7 heteroatoms. The monoisotopic (exact) mass is 462 g/mol. The molecule has 1 spiro atoms. The summed E-state index contributed by atoms with van der Waals surface area (Å²) in [6.07, 6.45) is 0. The highest BCUT2D eigenvalue weighted by Gasteiger charge is 2.59. The van der Waals surface area contributed by atoms with Gasteiger partial charge in [-0.05, 0) is 55.0 Å². The van der Waals surface area contributed by atoms with Crippen LogP contribution in [-0.4, -0.2) is 36.1 Å². The number of carbonyl (C=O) groups excluding carboxylic acids is 2. The molecule has 1 fully saturated rings. The number of hydrogen-bond donors (Lipinski definition) is 0. The number of fused-ring (bicyclic) bond motifs is 2. The summed E-state index contributed by atoms with van der Waals surface area (Å²) in [6.45, 7) is 2.76. The molecule has 0 N–H and O–H groups in total. The van der Waals surface area contributed by atoms with E-state index in [1.807, 2.05) is 25.1 Å². The smallest absolute Gasteiger partial charge is 0.268 e. The number of anilines is 1.